The molecule has 2 aliphatic carbocycles. The van der Waals surface area contributed by atoms with Gasteiger partial charge < -0.3 is 14.6 Å². The number of aromatic nitrogens is 2. The molecule has 8 heteroatoms. The predicted molar refractivity (Wildman–Crippen MR) is 168 cm³/mol. The minimum Gasteiger partial charge on any atom is -0.507 e. The van der Waals surface area contributed by atoms with Gasteiger partial charge in [-0.1, -0.05) is 6.07 Å². The third-order valence-electron chi connectivity index (χ3n) is 7.73. The standard InChI is InChI=1S/C18H21NO3.C17H21NO3/c1-11-9-14(12-5-6-12)15(10-20)13-7-8-19(16(11)13)17(21)22-18(2,3)4;1-10-9-13(11-5-6-11)15(19)12-7-8-18(14(10)12)16(20)21-17(2,3)4/h7-10,12H,5-6H2,1-4H3;7-9,11,19H,5-6H2,1-4H3. The topological polar surface area (TPSA) is 99.8 Å². The van der Waals surface area contributed by atoms with Crippen molar-refractivity contribution >= 4 is 40.3 Å². The fourth-order valence-corrected chi connectivity index (χ4v) is 5.63. The lowest BCUT2D eigenvalue weighted by Crippen LogP contribution is -2.26. The highest BCUT2D eigenvalue weighted by atomic mass is 16.6. The van der Waals surface area contributed by atoms with E-state index in [1.165, 1.54) is 9.13 Å². The zero-order valence-electron chi connectivity index (χ0n) is 26.4. The third-order valence-corrected chi connectivity index (χ3v) is 7.73. The van der Waals surface area contributed by atoms with Gasteiger partial charge in [0.15, 0.2) is 6.29 Å². The first-order chi connectivity index (χ1) is 20.1. The lowest BCUT2D eigenvalue weighted by Gasteiger charge is -2.20. The van der Waals surface area contributed by atoms with Crippen molar-refractivity contribution in [1.29, 1.82) is 0 Å². The maximum Gasteiger partial charge on any atom is 0.419 e. The monoisotopic (exact) mass is 586 g/mol. The summed E-state index contributed by atoms with van der Waals surface area (Å²) in [5, 5.41) is 12.0. The number of aromatic hydroxyl groups is 1. The number of phenolic OH excluding ortho intramolecular Hbond substituents is 1. The van der Waals surface area contributed by atoms with E-state index in [0.717, 1.165) is 76.0 Å². The maximum atomic E-state index is 12.4. The Morgan fingerprint density at radius 1 is 0.767 bits per heavy atom. The van der Waals surface area contributed by atoms with Crippen molar-refractivity contribution in [3.05, 3.63) is 64.5 Å². The van der Waals surface area contributed by atoms with Crippen LogP contribution in [0, 0.1) is 13.8 Å². The smallest absolute Gasteiger partial charge is 0.419 e. The van der Waals surface area contributed by atoms with Crippen LogP contribution in [0.15, 0.2) is 36.7 Å². The number of hydrogen-bond donors (Lipinski definition) is 1. The lowest BCUT2D eigenvalue weighted by molar-refractivity contribution is 0.0533. The fourth-order valence-electron chi connectivity index (χ4n) is 5.63. The molecule has 0 atom stereocenters. The Morgan fingerprint density at radius 2 is 1.19 bits per heavy atom. The Balaban J connectivity index is 0.000000171. The Kier molecular flexibility index (Phi) is 7.69. The van der Waals surface area contributed by atoms with E-state index < -0.39 is 23.4 Å². The highest BCUT2D eigenvalue weighted by molar-refractivity contribution is 6.03. The molecule has 2 aliphatic rings. The SMILES string of the molecule is Cc1cc(C2CC2)c(C=O)c2ccn(C(=O)OC(C)(C)C)c12.Cc1cc(C2CC2)c(O)c2ccn(C(=O)OC(C)(C)C)c12. The number of carbonyl (C=O) groups is 3. The zero-order chi connectivity index (χ0) is 31.4. The molecule has 228 valence electrons. The van der Waals surface area contributed by atoms with E-state index in [1.54, 1.807) is 18.5 Å². The summed E-state index contributed by atoms with van der Waals surface area (Å²) in [6.45, 7) is 15.0. The number of benzene rings is 2. The number of rotatable bonds is 3. The molecular weight excluding hydrogens is 544 g/mol. The lowest BCUT2D eigenvalue weighted by atomic mass is 9.97. The van der Waals surface area contributed by atoms with Crippen molar-refractivity contribution in [3.63, 3.8) is 0 Å². The molecule has 0 spiro atoms. The molecule has 6 rings (SSSR count). The molecule has 2 aromatic carbocycles. The summed E-state index contributed by atoms with van der Waals surface area (Å²) in [7, 11) is 0. The molecule has 2 aromatic heterocycles. The summed E-state index contributed by atoms with van der Waals surface area (Å²) in [5.74, 6) is 1.27. The molecule has 2 fully saturated rings. The number of aryl methyl sites for hydroxylation is 2. The molecule has 2 heterocycles. The van der Waals surface area contributed by atoms with Crippen LogP contribution in [-0.4, -0.2) is 43.9 Å². The first-order valence-electron chi connectivity index (χ1n) is 15.0. The van der Waals surface area contributed by atoms with Gasteiger partial charge in [-0.05, 0) is 133 Å². The summed E-state index contributed by atoms with van der Waals surface area (Å²) in [6, 6.07) is 7.66. The molecule has 0 saturated heterocycles. The van der Waals surface area contributed by atoms with Gasteiger partial charge in [0.05, 0.1) is 11.0 Å². The van der Waals surface area contributed by atoms with Gasteiger partial charge in [-0.25, -0.2) is 9.59 Å². The summed E-state index contributed by atoms with van der Waals surface area (Å²) in [5.41, 5.74) is 5.21. The normalized spacial score (nSPS) is 15.3. The minimum absolute atomic E-state index is 0.306. The van der Waals surface area contributed by atoms with Crippen molar-refractivity contribution in [2.45, 2.75) is 104 Å². The van der Waals surface area contributed by atoms with Gasteiger partial charge >= 0.3 is 12.2 Å². The maximum absolute atomic E-state index is 12.4. The number of nitrogens with zero attached hydrogens (tertiary/aromatic N) is 2. The van der Waals surface area contributed by atoms with E-state index in [0.29, 0.717) is 23.1 Å². The molecule has 43 heavy (non-hydrogen) atoms. The summed E-state index contributed by atoms with van der Waals surface area (Å²) < 4.78 is 13.8. The van der Waals surface area contributed by atoms with Crippen molar-refractivity contribution in [1.82, 2.24) is 9.13 Å². The third kappa shape index (κ3) is 6.33. The van der Waals surface area contributed by atoms with Gasteiger partial charge in [-0.15, -0.1) is 0 Å². The number of ether oxygens (including phenoxy) is 2. The van der Waals surface area contributed by atoms with E-state index in [9.17, 15) is 19.5 Å². The van der Waals surface area contributed by atoms with Crippen molar-refractivity contribution in [2.24, 2.45) is 0 Å². The summed E-state index contributed by atoms with van der Waals surface area (Å²) in [6.07, 6.45) is 7.97. The largest absolute Gasteiger partial charge is 0.507 e. The van der Waals surface area contributed by atoms with E-state index in [1.807, 2.05) is 73.6 Å². The number of carbonyl (C=O) groups excluding carboxylic acids is 3. The number of aldehydes is 1. The number of hydrogen-bond acceptors (Lipinski definition) is 6. The second kappa shape index (κ2) is 10.9. The molecule has 0 aliphatic heterocycles. The van der Waals surface area contributed by atoms with Crippen LogP contribution >= 0.6 is 0 Å². The van der Waals surface area contributed by atoms with Gasteiger partial charge in [-0.3, -0.25) is 13.9 Å². The second-order valence-corrected chi connectivity index (χ2v) is 13.9. The van der Waals surface area contributed by atoms with E-state index >= 15 is 0 Å². The van der Waals surface area contributed by atoms with Gasteiger partial charge in [0.1, 0.15) is 17.0 Å². The number of fused-ring (bicyclic) bond motifs is 2. The van der Waals surface area contributed by atoms with E-state index in [4.69, 9.17) is 9.47 Å². The molecule has 0 unspecified atom stereocenters. The number of phenols is 1. The molecular formula is C35H42N2O6. The van der Waals surface area contributed by atoms with Crippen molar-refractivity contribution in [3.8, 4) is 5.75 Å². The van der Waals surface area contributed by atoms with E-state index in [-0.39, 0.29) is 0 Å². The predicted octanol–water partition coefficient (Wildman–Crippen LogP) is 8.74. The molecule has 1 N–H and O–H groups in total. The molecule has 8 nitrogen and oxygen atoms in total. The Hall–Kier alpha value is -4.07. The molecule has 4 aromatic rings. The van der Waals surface area contributed by atoms with Crippen molar-refractivity contribution in [2.75, 3.05) is 0 Å². The van der Waals surface area contributed by atoms with Crippen LogP contribution < -0.4 is 0 Å². The first-order valence-corrected chi connectivity index (χ1v) is 15.0. The van der Waals surface area contributed by atoms with Crippen LogP contribution in [0.3, 0.4) is 0 Å². The average molecular weight is 587 g/mol. The Bertz CT molecular complexity index is 1740. The van der Waals surface area contributed by atoms with Crippen LogP contribution in [-0.2, 0) is 9.47 Å². The van der Waals surface area contributed by atoms with Crippen LogP contribution in [0.4, 0.5) is 9.59 Å². The van der Waals surface area contributed by atoms with Crippen molar-refractivity contribution < 1.29 is 29.0 Å². The minimum atomic E-state index is -0.553. The highest BCUT2D eigenvalue weighted by Crippen LogP contribution is 2.47. The summed E-state index contributed by atoms with van der Waals surface area (Å²) in [4.78, 5) is 36.2. The van der Waals surface area contributed by atoms with Crippen LogP contribution in [0.5, 0.6) is 5.75 Å². The van der Waals surface area contributed by atoms with Gasteiger partial charge in [0.2, 0.25) is 0 Å². The van der Waals surface area contributed by atoms with E-state index in [2.05, 4.69) is 0 Å². The van der Waals surface area contributed by atoms with Gasteiger partial charge in [0.25, 0.3) is 0 Å². The van der Waals surface area contributed by atoms with Crippen LogP contribution in [0.25, 0.3) is 21.8 Å². The summed E-state index contributed by atoms with van der Waals surface area (Å²) >= 11 is 0. The molecule has 0 amide bonds. The highest BCUT2D eigenvalue weighted by Gasteiger charge is 2.30. The van der Waals surface area contributed by atoms with Gasteiger partial charge in [0, 0.05) is 28.7 Å². The first kappa shape index (κ1) is 30.4. The Labute approximate surface area is 252 Å². The van der Waals surface area contributed by atoms with Crippen LogP contribution in [0.1, 0.15) is 112 Å². The Morgan fingerprint density at radius 3 is 1.63 bits per heavy atom. The van der Waals surface area contributed by atoms with Gasteiger partial charge in [-0.2, -0.15) is 0 Å². The zero-order valence-corrected chi connectivity index (χ0v) is 26.4. The molecule has 0 bridgehead atoms. The molecule has 0 radical (unpaired) electrons. The molecule has 2 saturated carbocycles. The quantitative estimate of drug-likeness (QED) is 0.241. The van der Waals surface area contributed by atoms with Crippen LogP contribution in [0.2, 0.25) is 0 Å². The fraction of sp³-hybridized carbons (Fsp3) is 0.457. The second-order valence-electron chi connectivity index (χ2n) is 13.9. The average Bonchev–Trinajstić information content (AvgIpc) is 3.82.